The molecule has 118 valence electrons. The van der Waals surface area contributed by atoms with Crippen LogP contribution in [0.3, 0.4) is 0 Å². The Balaban J connectivity index is 2.57. The van der Waals surface area contributed by atoms with E-state index in [1.165, 1.54) is 16.2 Å². The number of nitrogens with one attached hydrogen (secondary N) is 1. The van der Waals surface area contributed by atoms with Crippen LogP contribution in [0, 0.1) is 6.92 Å². The zero-order chi connectivity index (χ0) is 15.8. The Hall–Kier alpha value is -0.850. The third-order valence-corrected chi connectivity index (χ3v) is 3.93. The molecule has 2 amide bonds. The Labute approximate surface area is 138 Å². The fraction of sp³-hybridized carbons (Fsp3) is 0.615. The molecule has 8 heteroatoms. The van der Waals surface area contributed by atoms with Gasteiger partial charge in [0.05, 0.1) is 0 Å². The quantitative estimate of drug-likeness (QED) is 0.577. The first-order valence-corrected chi connectivity index (χ1v) is 8.42. The van der Waals surface area contributed by atoms with Crippen LogP contribution in [-0.4, -0.2) is 39.6 Å². The molecule has 5 nitrogen and oxygen atoms in total. The van der Waals surface area contributed by atoms with E-state index in [9.17, 15) is 9.59 Å². The summed E-state index contributed by atoms with van der Waals surface area (Å²) in [6.07, 6.45) is 4.49. The lowest BCUT2D eigenvalue weighted by Gasteiger charge is -2.22. The van der Waals surface area contributed by atoms with Gasteiger partial charge >= 0.3 is 0 Å². The summed E-state index contributed by atoms with van der Waals surface area (Å²) < 4.78 is 0. The van der Waals surface area contributed by atoms with Gasteiger partial charge in [-0.15, -0.1) is 11.3 Å². The average molecular weight is 352 g/mol. The maximum Gasteiger partial charge on any atom is 0.256 e. The van der Waals surface area contributed by atoms with Crippen LogP contribution in [0.2, 0.25) is 0 Å². The van der Waals surface area contributed by atoms with Gasteiger partial charge in [0.15, 0.2) is 9.97 Å². The Kier molecular flexibility index (Phi) is 8.00. The van der Waals surface area contributed by atoms with Gasteiger partial charge in [0.1, 0.15) is 6.54 Å². The molecule has 0 saturated heterocycles. The van der Waals surface area contributed by atoms with Gasteiger partial charge in [0, 0.05) is 17.6 Å². The summed E-state index contributed by atoms with van der Waals surface area (Å²) in [4.78, 5) is 29.2. The van der Waals surface area contributed by atoms with Crippen LogP contribution in [0.1, 0.15) is 31.1 Å². The number of carbonyl (C=O) groups is 2. The van der Waals surface area contributed by atoms with Crippen LogP contribution < -0.4 is 5.32 Å². The first kappa shape index (κ1) is 18.2. The number of thiazole rings is 1. The Morgan fingerprint density at radius 3 is 2.67 bits per heavy atom. The summed E-state index contributed by atoms with van der Waals surface area (Å²) in [6, 6.07) is 0. The van der Waals surface area contributed by atoms with E-state index < -0.39 is 10.7 Å². The van der Waals surface area contributed by atoms with E-state index in [0.29, 0.717) is 11.7 Å². The molecular weight excluding hydrogens is 333 g/mol. The first-order valence-electron chi connectivity index (χ1n) is 6.73. The summed E-state index contributed by atoms with van der Waals surface area (Å²) >= 11 is 12.6. The Morgan fingerprint density at radius 2 is 2.14 bits per heavy atom. The van der Waals surface area contributed by atoms with Crippen LogP contribution >= 0.6 is 34.5 Å². The van der Waals surface area contributed by atoms with Crippen LogP contribution in [0.25, 0.3) is 0 Å². The molecule has 1 heterocycles. The van der Waals surface area contributed by atoms with Gasteiger partial charge in [0.25, 0.3) is 5.91 Å². The molecule has 1 N–H and O–H groups in total. The van der Waals surface area contributed by atoms with Crippen molar-refractivity contribution < 1.29 is 9.59 Å². The minimum absolute atomic E-state index is 0.0723. The lowest BCUT2D eigenvalue weighted by molar-refractivity contribution is -0.133. The van der Waals surface area contributed by atoms with Gasteiger partial charge < -0.3 is 10.2 Å². The molecule has 1 rings (SSSR count). The number of aromatic nitrogens is 1. The van der Waals surface area contributed by atoms with E-state index in [1.54, 1.807) is 6.20 Å². The van der Waals surface area contributed by atoms with Crippen molar-refractivity contribution in [3.05, 3.63) is 11.1 Å². The van der Waals surface area contributed by atoms with Gasteiger partial charge in [-0.2, -0.15) is 0 Å². The molecule has 0 bridgehead atoms. The number of alkyl halides is 2. The van der Waals surface area contributed by atoms with Crippen LogP contribution in [0.15, 0.2) is 6.20 Å². The number of carbonyl (C=O) groups excluding carboxylic acids is 2. The number of halogens is 2. The van der Waals surface area contributed by atoms with Crippen LogP contribution in [0.5, 0.6) is 0 Å². The zero-order valence-corrected chi connectivity index (χ0v) is 14.4. The highest BCUT2D eigenvalue weighted by molar-refractivity contribution is 7.15. The fourth-order valence-electron chi connectivity index (χ4n) is 1.70. The van der Waals surface area contributed by atoms with Crippen molar-refractivity contribution in [3.8, 4) is 0 Å². The van der Waals surface area contributed by atoms with Crippen molar-refractivity contribution in [1.29, 1.82) is 0 Å². The number of anilines is 1. The van der Waals surface area contributed by atoms with Gasteiger partial charge in [-0.1, -0.05) is 43.0 Å². The smallest absolute Gasteiger partial charge is 0.256 e. The van der Waals surface area contributed by atoms with E-state index >= 15 is 0 Å². The summed E-state index contributed by atoms with van der Waals surface area (Å²) in [5.41, 5.74) is 0. The number of unbranched alkanes of at least 4 members (excludes halogenated alkanes) is 2. The van der Waals surface area contributed by atoms with E-state index in [2.05, 4.69) is 17.2 Å². The second-order valence-corrected chi connectivity index (χ2v) is 6.92. The summed E-state index contributed by atoms with van der Waals surface area (Å²) in [7, 11) is 0. The zero-order valence-electron chi connectivity index (χ0n) is 12.1. The van der Waals surface area contributed by atoms with Crippen molar-refractivity contribution in [1.82, 2.24) is 9.88 Å². The SMILES string of the molecule is CCCCCN(CC(=O)Nc1ncc(C)s1)C(=O)C(Cl)Cl. The predicted octanol–water partition coefficient (Wildman–Crippen LogP) is 3.21. The number of aryl methyl sites for hydroxylation is 1. The van der Waals surface area contributed by atoms with Crippen LogP contribution in [0.4, 0.5) is 5.13 Å². The number of amides is 2. The first-order chi connectivity index (χ1) is 9.93. The number of hydrogen-bond acceptors (Lipinski definition) is 4. The second kappa shape index (κ2) is 9.23. The lowest BCUT2D eigenvalue weighted by Crippen LogP contribution is -2.41. The molecule has 0 atom stereocenters. The van der Waals surface area contributed by atoms with Gasteiger partial charge in [-0.25, -0.2) is 4.98 Å². The van der Waals surface area contributed by atoms with Crippen molar-refractivity contribution in [3.63, 3.8) is 0 Å². The minimum atomic E-state index is -1.15. The maximum atomic E-state index is 12.0. The summed E-state index contributed by atoms with van der Waals surface area (Å²) in [6.45, 7) is 4.36. The molecule has 0 aliphatic heterocycles. The molecule has 21 heavy (non-hydrogen) atoms. The van der Waals surface area contributed by atoms with Crippen molar-refractivity contribution >= 4 is 51.5 Å². The van der Waals surface area contributed by atoms with E-state index in [0.717, 1.165) is 24.1 Å². The lowest BCUT2D eigenvalue weighted by atomic mass is 10.2. The highest BCUT2D eigenvalue weighted by Crippen LogP contribution is 2.16. The van der Waals surface area contributed by atoms with Gasteiger partial charge in [-0.3, -0.25) is 9.59 Å². The molecule has 0 radical (unpaired) electrons. The molecule has 1 aromatic rings. The highest BCUT2D eigenvalue weighted by atomic mass is 35.5. The molecule has 0 spiro atoms. The largest absolute Gasteiger partial charge is 0.331 e. The third kappa shape index (κ3) is 6.63. The molecule has 0 aromatic carbocycles. The molecular formula is C13H19Cl2N3O2S. The molecule has 1 aromatic heterocycles. The maximum absolute atomic E-state index is 12.0. The Bertz CT molecular complexity index is 480. The van der Waals surface area contributed by atoms with Crippen molar-refractivity contribution in [2.75, 3.05) is 18.4 Å². The van der Waals surface area contributed by atoms with Crippen LogP contribution in [-0.2, 0) is 9.59 Å². The monoisotopic (exact) mass is 351 g/mol. The topological polar surface area (TPSA) is 62.3 Å². The van der Waals surface area contributed by atoms with Gasteiger partial charge in [0.2, 0.25) is 5.91 Å². The standard InChI is InChI=1S/C13H19Cl2N3O2S/c1-3-4-5-6-18(12(20)11(14)15)8-10(19)17-13-16-7-9(2)21-13/h7,11H,3-6,8H2,1-2H3,(H,16,17,19). The molecule has 0 unspecified atom stereocenters. The molecule has 0 saturated carbocycles. The fourth-order valence-corrected chi connectivity index (χ4v) is 2.66. The summed E-state index contributed by atoms with van der Waals surface area (Å²) in [5, 5.41) is 3.19. The minimum Gasteiger partial charge on any atom is -0.331 e. The second-order valence-electron chi connectivity index (χ2n) is 4.59. The predicted molar refractivity (Wildman–Crippen MR) is 87.1 cm³/mol. The average Bonchev–Trinajstić information content (AvgIpc) is 2.82. The van der Waals surface area contributed by atoms with E-state index in [-0.39, 0.29) is 12.5 Å². The van der Waals surface area contributed by atoms with Crippen molar-refractivity contribution in [2.24, 2.45) is 0 Å². The molecule has 0 fully saturated rings. The number of nitrogens with zero attached hydrogens (tertiary/aromatic N) is 2. The number of rotatable bonds is 8. The van der Waals surface area contributed by atoms with E-state index in [1.807, 2.05) is 6.92 Å². The van der Waals surface area contributed by atoms with Gasteiger partial charge in [-0.05, 0) is 13.3 Å². The Morgan fingerprint density at radius 1 is 1.43 bits per heavy atom. The molecule has 0 aliphatic rings. The highest BCUT2D eigenvalue weighted by Gasteiger charge is 2.22. The number of hydrogen-bond donors (Lipinski definition) is 1. The summed E-state index contributed by atoms with van der Waals surface area (Å²) in [5.74, 6) is -0.747. The van der Waals surface area contributed by atoms with Crippen molar-refractivity contribution in [2.45, 2.75) is 37.9 Å². The third-order valence-electron chi connectivity index (χ3n) is 2.73. The normalized spacial score (nSPS) is 10.7. The van der Waals surface area contributed by atoms with E-state index in [4.69, 9.17) is 23.2 Å². The molecule has 0 aliphatic carbocycles.